The lowest BCUT2D eigenvalue weighted by Gasteiger charge is -2.25. The van der Waals surface area contributed by atoms with Gasteiger partial charge in [-0.1, -0.05) is 60.2 Å². The maximum absolute atomic E-state index is 13.5. The van der Waals surface area contributed by atoms with Crippen molar-refractivity contribution in [1.82, 2.24) is 5.32 Å². The molecule has 3 aromatic rings. The molecule has 5 nitrogen and oxygen atoms in total. The molecule has 0 aromatic heterocycles. The molecule has 3 rings (SSSR count). The third kappa shape index (κ3) is 6.87. The number of rotatable bonds is 11. The molecule has 0 spiro atoms. The van der Waals surface area contributed by atoms with Gasteiger partial charge in [0.2, 0.25) is 5.91 Å². The molecule has 34 heavy (non-hydrogen) atoms. The van der Waals surface area contributed by atoms with Gasteiger partial charge in [0.15, 0.2) is 0 Å². The first kappa shape index (κ1) is 25.8. The summed E-state index contributed by atoms with van der Waals surface area (Å²) in [5.74, 6) is 1.54. The van der Waals surface area contributed by atoms with Crippen molar-refractivity contribution in [3.8, 4) is 0 Å². The number of nitrogens with one attached hydrogen (secondary N) is 1. The minimum atomic E-state index is -3.89. The number of amides is 1. The molecule has 7 heteroatoms. The zero-order valence-electron chi connectivity index (χ0n) is 20.0. The number of carbonyl (C=O) groups is 1. The molecule has 180 valence electrons. The summed E-state index contributed by atoms with van der Waals surface area (Å²) in [6, 6.07) is 22.2. The van der Waals surface area contributed by atoms with E-state index in [4.69, 9.17) is 0 Å². The number of hydrogen-bond acceptors (Lipinski definition) is 4. The maximum Gasteiger partial charge on any atom is 0.264 e. The average molecular weight is 497 g/mol. The first-order valence-electron chi connectivity index (χ1n) is 11.3. The lowest BCUT2D eigenvalue weighted by Crippen LogP contribution is -2.41. The Balaban J connectivity index is 1.60. The van der Waals surface area contributed by atoms with Crippen LogP contribution in [0.5, 0.6) is 0 Å². The molecule has 0 atom stereocenters. The first-order valence-corrected chi connectivity index (χ1v) is 13.9. The molecule has 0 saturated carbocycles. The van der Waals surface area contributed by atoms with Gasteiger partial charge in [-0.2, -0.15) is 11.8 Å². The predicted octanol–water partition coefficient (Wildman–Crippen LogP) is 5.25. The van der Waals surface area contributed by atoms with Gasteiger partial charge in [-0.25, -0.2) is 8.42 Å². The van der Waals surface area contributed by atoms with Gasteiger partial charge in [0.1, 0.15) is 6.54 Å². The third-order valence-corrected chi connectivity index (χ3v) is 8.45. The summed E-state index contributed by atoms with van der Waals surface area (Å²) in [7, 11) is -3.89. The van der Waals surface area contributed by atoms with E-state index in [1.165, 1.54) is 15.4 Å². The smallest absolute Gasteiger partial charge is 0.264 e. The van der Waals surface area contributed by atoms with Crippen molar-refractivity contribution in [2.24, 2.45) is 0 Å². The Labute approximate surface area is 207 Å². The number of para-hydroxylation sites is 1. The number of anilines is 1. The molecule has 0 unspecified atom stereocenters. The second-order valence-electron chi connectivity index (χ2n) is 8.29. The standard InChI is InChI=1S/C27H32N2O3S2/c1-21-13-15-25(16-14-21)34(31,32)29(26-12-7-5-10-23(26)3)19-27(30)28-17-8-18-33-20-24-11-6-4-9-22(24)2/h4-7,9-16H,8,17-20H2,1-3H3,(H,28,30). The largest absolute Gasteiger partial charge is 0.354 e. The number of sulfonamides is 1. The van der Waals surface area contributed by atoms with E-state index in [2.05, 4.69) is 24.4 Å². The van der Waals surface area contributed by atoms with Gasteiger partial charge in [-0.15, -0.1) is 0 Å². The Kier molecular flexibility index (Phi) is 9.19. The van der Waals surface area contributed by atoms with Crippen LogP contribution in [0.25, 0.3) is 0 Å². The van der Waals surface area contributed by atoms with Gasteiger partial charge < -0.3 is 5.32 Å². The van der Waals surface area contributed by atoms with E-state index in [0.717, 1.165) is 29.1 Å². The lowest BCUT2D eigenvalue weighted by atomic mass is 10.1. The summed E-state index contributed by atoms with van der Waals surface area (Å²) in [5.41, 5.74) is 4.88. The zero-order chi connectivity index (χ0) is 24.6. The second-order valence-corrected chi connectivity index (χ2v) is 11.3. The molecular formula is C27H32N2O3S2. The Morgan fingerprint density at radius 2 is 1.53 bits per heavy atom. The molecule has 0 aliphatic carbocycles. The topological polar surface area (TPSA) is 66.5 Å². The number of benzene rings is 3. The van der Waals surface area contributed by atoms with Crippen LogP contribution in [-0.4, -0.2) is 33.2 Å². The Bertz CT molecular complexity index is 1210. The predicted molar refractivity (Wildman–Crippen MR) is 142 cm³/mol. The highest BCUT2D eigenvalue weighted by molar-refractivity contribution is 7.98. The number of hydrogen-bond donors (Lipinski definition) is 1. The highest BCUT2D eigenvalue weighted by Crippen LogP contribution is 2.26. The molecule has 0 saturated heterocycles. The highest BCUT2D eigenvalue weighted by atomic mass is 32.2. The van der Waals surface area contributed by atoms with Crippen LogP contribution < -0.4 is 9.62 Å². The molecule has 0 aliphatic heterocycles. The maximum atomic E-state index is 13.5. The van der Waals surface area contributed by atoms with Crippen molar-refractivity contribution in [2.75, 3.05) is 23.1 Å². The number of carbonyl (C=O) groups excluding carboxylic acids is 1. The van der Waals surface area contributed by atoms with Crippen LogP contribution in [0, 0.1) is 20.8 Å². The van der Waals surface area contributed by atoms with Crippen LogP contribution in [-0.2, 0) is 20.6 Å². The Morgan fingerprint density at radius 1 is 0.882 bits per heavy atom. The SMILES string of the molecule is Cc1ccc(S(=O)(=O)N(CC(=O)NCCCSCc2ccccc2C)c2ccccc2C)cc1. The normalized spacial score (nSPS) is 11.3. The second kappa shape index (κ2) is 12.1. The molecule has 0 heterocycles. The summed E-state index contributed by atoms with van der Waals surface area (Å²) in [5, 5.41) is 2.89. The Hall–Kier alpha value is -2.77. The van der Waals surface area contributed by atoms with E-state index < -0.39 is 10.0 Å². The molecular weight excluding hydrogens is 464 g/mol. The first-order chi connectivity index (χ1) is 16.3. The van der Waals surface area contributed by atoms with E-state index >= 15 is 0 Å². The lowest BCUT2D eigenvalue weighted by molar-refractivity contribution is -0.119. The average Bonchev–Trinajstić information content (AvgIpc) is 2.81. The summed E-state index contributed by atoms with van der Waals surface area (Å²) >= 11 is 1.83. The fourth-order valence-corrected chi connectivity index (χ4v) is 6.05. The third-order valence-electron chi connectivity index (χ3n) is 5.59. The van der Waals surface area contributed by atoms with E-state index in [-0.39, 0.29) is 17.3 Å². The van der Waals surface area contributed by atoms with Crippen molar-refractivity contribution in [1.29, 1.82) is 0 Å². The van der Waals surface area contributed by atoms with Crippen LogP contribution in [0.3, 0.4) is 0 Å². The number of aryl methyl sites for hydroxylation is 3. The fourth-order valence-electron chi connectivity index (χ4n) is 3.52. The van der Waals surface area contributed by atoms with E-state index in [9.17, 15) is 13.2 Å². The van der Waals surface area contributed by atoms with Crippen LogP contribution in [0.1, 0.15) is 28.7 Å². The monoisotopic (exact) mass is 496 g/mol. The molecule has 1 N–H and O–H groups in total. The van der Waals surface area contributed by atoms with E-state index in [0.29, 0.717) is 12.2 Å². The molecule has 0 fully saturated rings. The van der Waals surface area contributed by atoms with Crippen molar-refractivity contribution in [3.05, 3.63) is 95.1 Å². The molecule has 0 bridgehead atoms. The van der Waals surface area contributed by atoms with Gasteiger partial charge in [0.25, 0.3) is 10.0 Å². The van der Waals surface area contributed by atoms with Crippen LogP contribution >= 0.6 is 11.8 Å². The number of nitrogens with zero attached hydrogens (tertiary/aromatic N) is 1. The van der Waals surface area contributed by atoms with Crippen molar-refractivity contribution in [3.63, 3.8) is 0 Å². The quantitative estimate of drug-likeness (QED) is 0.368. The van der Waals surface area contributed by atoms with Gasteiger partial charge >= 0.3 is 0 Å². The summed E-state index contributed by atoms with van der Waals surface area (Å²) in [6.07, 6.45) is 0.817. The fraction of sp³-hybridized carbons (Fsp3) is 0.296. The van der Waals surface area contributed by atoms with Gasteiger partial charge in [-0.3, -0.25) is 9.10 Å². The van der Waals surface area contributed by atoms with Crippen molar-refractivity contribution < 1.29 is 13.2 Å². The minimum absolute atomic E-state index is 0.168. The van der Waals surface area contributed by atoms with Crippen LogP contribution in [0.2, 0.25) is 0 Å². The van der Waals surface area contributed by atoms with E-state index in [1.54, 1.807) is 36.4 Å². The number of thioether (sulfide) groups is 1. The van der Waals surface area contributed by atoms with Gasteiger partial charge in [0.05, 0.1) is 10.6 Å². The molecule has 3 aromatic carbocycles. The summed E-state index contributed by atoms with van der Waals surface area (Å²) < 4.78 is 28.1. The zero-order valence-corrected chi connectivity index (χ0v) is 21.6. The van der Waals surface area contributed by atoms with E-state index in [1.807, 2.05) is 49.9 Å². The van der Waals surface area contributed by atoms with Crippen molar-refractivity contribution >= 4 is 33.4 Å². The van der Waals surface area contributed by atoms with Crippen LogP contribution in [0.15, 0.2) is 77.7 Å². The van der Waals surface area contributed by atoms with Gasteiger partial charge in [-0.05, 0) is 67.8 Å². The van der Waals surface area contributed by atoms with Gasteiger partial charge in [0, 0.05) is 12.3 Å². The summed E-state index contributed by atoms with van der Waals surface area (Å²) in [6.45, 7) is 6.10. The van der Waals surface area contributed by atoms with Crippen molar-refractivity contribution in [2.45, 2.75) is 37.8 Å². The van der Waals surface area contributed by atoms with Crippen LogP contribution in [0.4, 0.5) is 5.69 Å². The Morgan fingerprint density at radius 3 is 2.21 bits per heavy atom. The minimum Gasteiger partial charge on any atom is -0.354 e. The summed E-state index contributed by atoms with van der Waals surface area (Å²) in [4.78, 5) is 12.9. The highest BCUT2D eigenvalue weighted by Gasteiger charge is 2.28. The molecule has 0 aliphatic rings. The molecule has 1 amide bonds. The molecule has 0 radical (unpaired) electrons.